The number of aromatic nitrogens is 2. The van der Waals surface area contributed by atoms with E-state index in [-0.39, 0.29) is 5.71 Å². The molecule has 1 heterocycles. The number of hydrazone groups is 1. The van der Waals surface area contributed by atoms with E-state index in [1.54, 1.807) is 18.2 Å². The van der Waals surface area contributed by atoms with E-state index in [0.717, 1.165) is 11.7 Å². The van der Waals surface area contributed by atoms with Gasteiger partial charge >= 0.3 is 0 Å². The molecule has 0 saturated heterocycles. The third-order valence-corrected chi connectivity index (χ3v) is 2.88. The van der Waals surface area contributed by atoms with Crippen molar-refractivity contribution in [1.29, 1.82) is 10.7 Å². The number of anilines is 1. The maximum absolute atomic E-state index is 8.72. The smallest absolute Gasteiger partial charge is 0.201 e. The Hall–Kier alpha value is -2.24. The van der Waals surface area contributed by atoms with Crippen LogP contribution in [-0.2, 0) is 0 Å². The molecule has 0 spiro atoms. The van der Waals surface area contributed by atoms with Crippen molar-refractivity contribution in [3.63, 3.8) is 0 Å². The van der Waals surface area contributed by atoms with E-state index < -0.39 is 5.84 Å². The lowest BCUT2D eigenvalue weighted by molar-refractivity contribution is 1.34. The van der Waals surface area contributed by atoms with Gasteiger partial charge in [-0.05, 0) is 12.1 Å². The van der Waals surface area contributed by atoms with Gasteiger partial charge < -0.3 is 5.73 Å². The molecule has 2 rings (SSSR count). The maximum Gasteiger partial charge on any atom is 0.201 e. The van der Waals surface area contributed by atoms with Crippen LogP contribution >= 0.6 is 23.3 Å². The van der Waals surface area contributed by atoms with Crippen LogP contribution in [0.4, 0.5) is 5.69 Å². The molecule has 18 heavy (non-hydrogen) atoms. The number of halogens is 1. The molecule has 9 heteroatoms. The highest BCUT2D eigenvalue weighted by Crippen LogP contribution is 2.29. The van der Waals surface area contributed by atoms with E-state index in [0.29, 0.717) is 21.7 Å². The van der Waals surface area contributed by atoms with Crippen LogP contribution in [0, 0.1) is 16.7 Å². The normalized spacial score (nSPS) is 11.2. The van der Waals surface area contributed by atoms with Crippen molar-refractivity contribution in [3.05, 3.63) is 17.2 Å². The number of amidine groups is 1. The number of nitrogens with two attached hydrogens (primary N) is 1. The van der Waals surface area contributed by atoms with E-state index in [4.69, 9.17) is 28.0 Å². The lowest BCUT2D eigenvalue weighted by atomic mass is 10.3. The number of hydrogen-bond donors (Lipinski definition) is 3. The molecule has 0 aliphatic carbocycles. The van der Waals surface area contributed by atoms with Crippen LogP contribution < -0.4 is 11.2 Å². The van der Waals surface area contributed by atoms with Gasteiger partial charge in [0.05, 0.1) is 16.8 Å². The summed E-state index contributed by atoms with van der Waals surface area (Å²) < 4.78 is 8.13. The van der Waals surface area contributed by atoms with Gasteiger partial charge in [0.25, 0.3) is 0 Å². The van der Waals surface area contributed by atoms with Gasteiger partial charge in [0.1, 0.15) is 22.8 Å². The number of nitrogens with zero attached hydrogens (tertiary/aromatic N) is 4. The van der Waals surface area contributed by atoms with Crippen molar-refractivity contribution < 1.29 is 0 Å². The predicted molar refractivity (Wildman–Crippen MR) is 71.0 cm³/mol. The van der Waals surface area contributed by atoms with Crippen LogP contribution in [0.25, 0.3) is 11.0 Å². The first-order chi connectivity index (χ1) is 8.63. The minimum absolute atomic E-state index is 0.230. The Kier molecular flexibility index (Phi) is 3.36. The molecule has 0 aliphatic rings. The molecule has 0 radical (unpaired) electrons. The van der Waals surface area contributed by atoms with Crippen LogP contribution in [0.3, 0.4) is 0 Å². The largest absolute Gasteiger partial charge is 0.382 e. The zero-order valence-corrected chi connectivity index (χ0v) is 10.4. The summed E-state index contributed by atoms with van der Waals surface area (Å²) in [4.78, 5) is 0. The van der Waals surface area contributed by atoms with Crippen LogP contribution in [0.15, 0.2) is 17.2 Å². The van der Waals surface area contributed by atoms with Crippen molar-refractivity contribution in [2.24, 2.45) is 10.8 Å². The third kappa shape index (κ3) is 2.22. The van der Waals surface area contributed by atoms with Crippen molar-refractivity contribution in [2.75, 3.05) is 5.43 Å². The monoisotopic (exact) mass is 279 g/mol. The number of nitrogens with one attached hydrogen (secondary N) is 2. The molecule has 2 aromatic rings. The van der Waals surface area contributed by atoms with E-state index >= 15 is 0 Å². The van der Waals surface area contributed by atoms with Gasteiger partial charge in [-0.1, -0.05) is 11.6 Å². The first kappa shape index (κ1) is 12.2. The molecule has 4 N–H and O–H groups in total. The second-order valence-electron chi connectivity index (χ2n) is 3.15. The fourth-order valence-electron chi connectivity index (χ4n) is 1.19. The number of fused-ring (bicyclic) bond motifs is 1. The molecular weight excluding hydrogens is 274 g/mol. The lowest BCUT2D eigenvalue weighted by Gasteiger charge is -2.03. The molecule has 7 nitrogen and oxygen atoms in total. The summed E-state index contributed by atoms with van der Waals surface area (Å²) in [6.07, 6.45) is 0. The van der Waals surface area contributed by atoms with Crippen molar-refractivity contribution in [3.8, 4) is 6.07 Å². The topological polar surface area (TPSA) is 124 Å². The Morgan fingerprint density at radius 1 is 1.56 bits per heavy atom. The summed E-state index contributed by atoms with van der Waals surface area (Å²) >= 11 is 7.05. The lowest BCUT2D eigenvalue weighted by Crippen LogP contribution is -2.21. The van der Waals surface area contributed by atoms with Crippen LogP contribution in [0.1, 0.15) is 0 Å². The van der Waals surface area contributed by atoms with E-state index in [1.807, 2.05) is 0 Å². The SMILES string of the molecule is N#C/C(=N\Nc1c(Cl)ccc2nsnc12)C(=N)N. The fourth-order valence-corrected chi connectivity index (χ4v) is 1.93. The maximum atomic E-state index is 8.72. The molecule has 0 bridgehead atoms. The van der Waals surface area contributed by atoms with Crippen LogP contribution in [-0.4, -0.2) is 20.3 Å². The zero-order valence-electron chi connectivity index (χ0n) is 8.81. The van der Waals surface area contributed by atoms with Gasteiger partial charge in [-0.3, -0.25) is 10.8 Å². The third-order valence-electron chi connectivity index (χ3n) is 2.02. The molecule has 1 aromatic carbocycles. The average molecular weight is 280 g/mol. The van der Waals surface area contributed by atoms with Gasteiger partial charge in [0.2, 0.25) is 5.71 Å². The number of rotatable bonds is 3. The first-order valence-electron chi connectivity index (χ1n) is 4.62. The molecule has 1 aromatic heterocycles. The highest BCUT2D eigenvalue weighted by Gasteiger charge is 2.10. The quantitative estimate of drug-likeness (QED) is 0.447. The fraction of sp³-hybridized carbons (Fsp3) is 0. The van der Waals surface area contributed by atoms with Crippen molar-refractivity contribution >= 4 is 51.6 Å². The Morgan fingerprint density at radius 2 is 2.33 bits per heavy atom. The van der Waals surface area contributed by atoms with E-state index in [9.17, 15) is 0 Å². The Balaban J connectivity index is 2.43. The van der Waals surface area contributed by atoms with E-state index in [1.165, 1.54) is 0 Å². The summed E-state index contributed by atoms with van der Waals surface area (Å²) in [7, 11) is 0. The summed E-state index contributed by atoms with van der Waals surface area (Å²) in [6.45, 7) is 0. The summed E-state index contributed by atoms with van der Waals surface area (Å²) in [5.41, 5.74) is 9.18. The minimum Gasteiger partial charge on any atom is -0.382 e. The Labute approximate surface area is 111 Å². The van der Waals surface area contributed by atoms with Gasteiger partial charge in [-0.25, -0.2) is 0 Å². The minimum atomic E-state index is -0.426. The molecule has 0 fully saturated rings. The summed E-state index contributed by atoms with van der Waals surface area (Å²) in [6, 6.07) is 5.06. The molecule has 0 atom stereocenters. The standard InChI is InChI=1S/C9H6ClN7S/c10-4-1-2-5-8(17-18-16-5)7(4)15-14-6(3-11)9(12)13/h1-2,15H,(H3,12,13)/b14-6+. The van der Waals surface area contributed by atoms with Crippen molar-refractivity contribution in [2.45, 2.75) is 0 Å². The van der Waals surface area contributed by atoms with Crippen LogP contribution in [0.5, 0.6) is 0 Å². The van der Waals surface area contributed by atoms with Crippen LogP contribution in [0.2, 0.25) is 5.02 Å². The Morgan fingerprint density at radius 3 is 3.00 bits per heavy atom. The molecule has 0 unspecified atom stereocenters. The Bertz CT molecular complexity index is 684. The second kappa shape index (κ2) is 4.95. The predicted octanol–water partition coefficient (Wildman–Crippen LogP) is 1.57. The van der Waals surface area contributed by atoms with Gasteiger partial charge in [-0.2, -0.15) is 19.1 Å². The van der Waals surface area contributed by atoms with E-state index in [2.05, 4.69) is 19.3 Å². The second-order valence-corrected chi connectivity index (χ2v) is 4.09. The van der Waals surface area contributed by atoms with Gasteiger partial charge in [0.15, 0.2) is 5.84 Å². The van der Waals surface area contributed by atoms with Gasteiger partial charge in [-0.15, -0.1) is 0 Å². The number of nitriles is 1. The molecular formula is C9H6ClN7S. The van der Waals surface area contributed by atoms with Crippen molar-refractivity contribution in [1.82, 2.24) is 8.75 Å². The highest BCUT2D eigenvalue weighted by atomic mass is 35.5. The highest BCUT2D eigenvalue weighted by molar-refractivity contribution is 7.00. The zero-order chi connectivity index (χ0) is 13.1. The average Bonchev–Trinajstić information content (AvgIpc) is 2.80. The molecule has 0 aliphatic heterocycles. The number of benzene rings is 1. The summed E-state index contributed by atoms with van der Waals surface area (Å²) in [5.74, 6) is -0.426. The molecule has 0 amide bonds. The summed E-state index contributed by atoms with van der Waals surface area (Å²) in [5, 5.41) is 19.9. The molecule has 90 valence electrons. The van der Waals surface area contributed by atoms with Gasteiger partial charge in [0, 0.05) is 0 Å². The number of hydrogen-bond acceptors (Lipinski definition) is 7. The molecule has 0 saturated carbocycles. The first-order valence-corrected chi connectivity index (χ1v) is 5.73.